The number of benzene rings is 1. The monoisotopic (exact) mass is 323 g/mol. The van der Waals surface area contributed by atoms with Gasteiger partial charge in [-0.1, -0.05) is 11.6 Å². The second-order valence-corrected chi connectivity index (χ2v) is 8.02. The zero-order chi connectivity index (χ0) is 15.6. The Morgan fingerprint density at radius 1 is 1.29 bits per heavy atom. The van der Waals surface area contributed by atoms with Gasteiger partial charge in [0.25, 0.3) is 0 Å². The molecule has 0 aliphatic carbocycles. The molecule has 112 valence electrons. The summed E-state index contributed by atoms with van der Waals surface area (Å²) in [7, 11) is -1.28. The van der Waals surface area contributed by atoms with E-state index in [0.29, 0.717) is 16.4 Å². The lowest BCUT2D eigenvalue weighted by atomic mass is 10.3. The molecule has 0 saturated heterocycles. The van der Waals surface area contributed by atoms with Crippen molar-refractivity contribution in [3.05, 3.63) is 47.5 Å². The first-order valence-electron chi connectivity index (χ1n) is 6.55. The maximum Gasteiger partial charge on any atom is 0.145 e. The van der Waals surface area contributed by atoms with Gasteiger partial charge in [-0.05, 0) is 52.0 Å². The SMILES string of the molecule is C/C(=N/[S@](=O)C(C)(C)C)c1cn(-c2ccc(Cl)cc2)cn1. The van der Waals surface area contributed by atoms with E-state index in [9.17, 15) is 4.21 Å². The number of rotatable bonds is 3. The zero-order valence-corrected chi connectivity index (χ0v) is 14.1. The standard InChI is InChI=1S/C15H18ClN3OS/c1-11(18-21(20)15(2,3)4)14-9-19(10-17-14)13-7-5-12(16)6-8-13/h5-10H,1-4H3/b18-11-/t21-/m1/s1. The summed E-state index contributed by atoms with van der Waals surface area (Å²) in [5.41, 5.74) is 2.33. The van der Waals surface area contributed by atoms with Gasteiger partial charge < -0.3 is 4.57 Å². The van der Waals surface area contributed by atoms with Gasteiger partial charge in [0.15, 0.2) is 0 Å². The Labute approximate surface area is 132 Å². The van der Waals surface area contributed by atoms with Gasteiger partial charge >= 0.3 is 0 Å². The van der Waals surface area contributed by atoms with Crippen LogP contribution in [0.15, 0.2) is 41.2 Å². The highest BCUT2D eigenvalue weighted by Crippen LogP contribution is 2.16. The molecule has 0 saturated carbocycles. The molecule has 0 unspecified atom stereocenters. The van der Waals surface area contributed by atoms with Crippen LogP contribution in [0, 0.1) is 0 Å². The summed E-state index contributed by atoms with van der Waals surface area (Å²) in [6.07, 6.45) is 3.57. The molecule has 1 atom stereocenters. The lowest BCUT2D eigenvalue weighted by molar-refractivity contribution is 0.650. The van der Waals surface area contributed by atoms with Crippen LogP contribution in [-0.4, -0.2) is 24.2 Å². The van der Waals surface area contributed by atoms with E-state index < -0.39 is 11.0 Å². The van der Waals surface area contributed by atoms with E-state index in [1.165, 1.54) is 0 Å². The van der Waals surface area contributed by atoms with Gasteiger partial charge in [-0.15, -0.1) is 0 Å². The van der Waals surface area contributed by atoms with Gasteiger partial charge in [-0.2, -0.15) is 4.40 Å². The zero-order valence-electron chi connectivity index (χ0n) is 12.5. The van der Waals surface area contributed by atoms with E-state index in [4.69, 9.17) is 11.6 Å². The number of aromatic nitrogens is 2. The van der Waals surface area contributed by atoms with Crippen LogP contribution in [0.2, 0.25) is 5.02 Å². The molecule has 0 radical (unpaired) electrons. The smallest absolute Gasteiger partial charge is 0.145 e. The fourth-order valence-electron chi connectivity index (χ4n) is 1.57. The maximum atomic E-state index is 12.0. The molecule has 0 aliphatic heterocycles. The van der Waals surface area contributed by atoms with Gasteiger partial charge in [0.2, 0.25) is 0 Å². The maximum absolute atomic E-state index is 12.0. The third kappa shape index (κ3) is 4.02. The van der Waals surface area contributed by atoms with Crippen LogP contribution in [0.1, 0.15) is 33.4 Å². The predicted molar refractivity (Wildman–Crippen MR) is 88.7 cm³/mol. The van der Waals surface area contributed by atoms with E-state index >= 15 is 0 Å². The Morgan fingerprint density at radius 2 is 1.90 bits per heavy atom. The molecule has 1 aromatic heterocycles. The van der Waals surface area contributed by atoms with E-state index in [1.54, 1.807) is 6.33 Å². The van der Waals surface area contributed by atoms with Crippen LogP contribution in [-0.2, 0) is 11.0 Å². The quantitative estimate of drug-likeness (QED) is 0.807. The van der Waals surface area contributed by atoms with Crippen molar-refractivity contribution in [3.8, 4) is 5.69 Å². The molecule has 21 heavy (non-hydrogen) atoms. The Balaban J connectivity index is 2.25. The van der Waals surface area contributed by atoms with Gasteiger partial charge in [0.05, 0.1) is 16.8 Å². The van der Waals surface area contributed by atoms with E-state index in [1.807, 2.05) is 62.7 Å². The first-order valence-corrected chi connectivity index (χ1v) is 8.03. The van der Waals surface area contributed by atoms with Crippen LogP contribution in [0.25, 0.3) is 5.69 Å². The minimum absolute atomic E-state index is 0.375. The molecule has 0 bridgehead atoms. The van der Waals surface area contributed by atoms with Crippen LogP contribution >= 0.6 is 11.6 Å². The summed E-state index contributed by atoms with van der Waals surface area (Å²) in [6.45, 7) is 7.50. The van der Waals surface area contributed by atoms with E-state index in [2.05, 4.69) is 9.38 Å². The summed E-state index contributed by atoms with van der Waals surface area (Å²) in [4.78, 5) is 4.31. The number of halogens is 1. The van der Waals surface area contributed by atoms with Gasteiger partial charge in [0.1, 0.15) is 16.7 Å². The molecule has 0 N–H and O–H groups in total. The number of hydrogen-bond donors (Lipinski definition) is 0. The topological polar surface area (TPSA) is 47.2 Å². The van der Waals surface area contributed by atoms with Crippen molar-refractivity contribution in [2.75, 3.05) is 0 Å². The van der Waals surface area contributed by atoms with Gasteiger partial charge in [-0.25, -0.2) is 9.19 Å². The highest BCUT2D eigenvalue weighted by Gasteiger charge is 2.19. The second-order valence-electron chi connectivity index (χ2n) is 5.68. The Kier molecular flexibility index (Phi) is 4.64. The Bertz CT molecular complexity index is 684. The molecule has 1 aromatic carbocycles. The lowest BCUT2D eigenvalue weighted by Crippen LogP contribution is -2.20. The molecule has 6 heteroatoms. The summed E-state index contributed by atoms with van der Waals surface area (Å²) >= 11 is 5.88. The summed E-state index contributed by atoms with van der Waals surface area (Å²) in [5, 5.41) is 0.692. The molecule has 0 spiro atoms. The largest absolute Gasteiger partial charge is 0.306 e. The van der Waals surface area contributed by atoms with Gasteiger partial charge in [0, 0.05) is 16.9 Å². The lowest BCUT2D eigenvalue weighted by Gasteiger charge is -2.13. The van der Waals surface area contributed by atoms with E-state index in [-0.39, 0.29) is 4.75 Å². The highest BCUT2D eigenvalue weighted by molar-refractivity contribution is 7.85. The van der Waals surface area contributed by atoms with Crippen LogP contribution in [0.5, 0.6) is 0 Å². The number of hydrogen-bond acceptors (Lipinski definition) is 2. The molecule has 0 fully saturated rings. The predicted octanol–water partition coefficient (Wildman–Crippen LogP) is 3.80. The van der Waals surface area contributed by atoms with Crippen LogP contribution < -0.4 is 0 Å². The summed E-state index contributed by atoms with van der Waals surface area (Å²) in [6, 6.07) is 7.47. The van der Waals surface area contributed by atoms with Crippen molar-refractivity contribution < 1.29 is 4.21 Å². The van der Waals surface area contributed by atoms with Crippen LogP contribution in [0.4, 0.5) is 0 Å². The minimum atomic E-state index is -1.28. The van der Waals surface area contributed by atoms with Crippen molar-refractivity contribution >= 4 is 28.3 Å². The molecule has 2 rings (SSSR count). The fourth-order valence-corrected chi connectivity index (χ4v) is 2.31. The molecule has 4 nitrogen and oxygen atoms in total. The molecule has 0 amide bonds. The molecule has 0 aliphatic rings. The summed E-state index contributed by atoms with van der Waals surface area (Å²) in [5.74, 6) is 0. The Hall–Kier alpha value is -1.46. The highest BCUT2D eigenvalue weighted by atomic mass is 35.5. The van der Waals surface area contributed by atoms with Crippen molar-refractivity contribution in [2.24, 2.45) is 4.40 Å². The Morgan fingerprint density at radius 3 is 2.48 bits per heavy atom. The summed E-state index contributed by atoms with van der Waals surface area (Å²) < 4.78 is 17.8. The van der Waals surface area contributed by atoms with Crippen molar-refractivity contribution in [1.29, 1.82) is 0 Å². The first kappa shape index (κ1) is 15.9. The van der Waals surface area contributed by atoms with Crippen molar-refractivity contribution in [1.82, 2.24) is 9.55 Å². The minimum Gasteiger partial charge on any atom is -0.306 e. The average Bonchev–Trinajstić information content (AvgIpc) is 2.88. The number of imidazole rings is 1. The molecular formula is C15H18ClN3OS. The normalized spacial score (nSPS) is 14.2. The second kappa shape index (κ2) is 6.12. The van der Waals surface area contributed by atoms with Crippen molar-refractivity contribution in [3.63, 3.8) is 0 Å². The average molecular weight is 324 g/mol. The van der Waals surface area contributed by atoms with E-state index in [0.717, 1.165) is 5.69 Å². The third-order valence-electron chi connectivity index (χ3n) is 2.82. The van der Waals surface area contributed by atoms with Crippen LogP contribution in [0.3, 0.4) is 0 Å². The molecular weight excluding hydrogens is 306 g/mol. The number of nitrogens with zero attached hydrogens (tertiary/aromatic N) is 3. The fraction of sp³-hybridized carbons (Fsp3) is 0.333. The van der Waals surface area contributed by atoms with Gasteiger partial charge in [-0.3, -0.25) is 0 Å². The third-order valence-corrected chi connectivity index (χ3v) is 4.56. The molecule has 2 aromatic rings. The van der Waals surface area contributed by atoms with Crippen molar-refractivity contribution in [2.45, 2.75) is 32.4 Å². The first-order chi connectivity index (χ1) is 9.77. The molecule has 1 heterocycles.